The van der Waals surface area contributed by atoms with Crippen LogP contribution in [0.3, 0.4) is 0 Å². The van der Waals surface area contributed by atoms with E-state index in [4.69, 9.17) is 5.73 Å². The van der Waals surface area contributed by atoms with Crippen LogP contribution >= 0.6 is 0 Å². The molecule has 0 saturated carbocycles. The highest BCUT2D eigenvalue weighted by molar-refractivity contribution is 5.42. The maximum absolute atomic E-state index is 5.37. The molecule has 1 rings (SSSR count). The van der Waals surface area contributed by atoms with Crippen LogP contribution in [-0.2, 0) is 0 Å². The molecule has 0 saturated heterocycles. The van der Waals surface area contributed by atoms with Crippen LogP contribution in [0.1, 0.15) is 12.0 Å². The van der Waals surface area contributed by atoms with Crippen LogP contribution in [-0.4, -0.2) is 18.1 Å². The fraction of sp³-hybridized carbons (Fsp3) is 0.444. The largest absolute Gasteiger partial charge is 0.384 e. The van der Waals surface area contributed by atoms with Crippen molar-refractivity contribution in [1.29, 1.82) is 0 Å². The first-order valence-electron chi connectivity index (χ1n) is 4.18. The van der Waals surface area contributed by atoms with Gasteiger partial charge in [-0.3, -0.25) is 4.98 Å². The van der Waals surface area contributed by atoms with Gasteiger partial charge in [0.15, 0.2) is 0 Å². The van der Waals surface area contributed by atoms with Gasteiger partial charge in [0, 0.05) is 18.9 Å². The Kier molecular flexibility index (Phi) is 3.54. The van der Waals surface area contributed by atoms with Gasteiger partial charge in [0.1, 0.15) is 0 Å². The summed E-state index contributed by atoms with van der Waals surface area (Å²) in [6.07, 6.45) is 4.66. The summed E-state index contributed by atoms with van der Waals surface area (Å²) in [4.78, 5) is 4.07. The highest BCUT2D eigenvalue weighted by Gasteiger charge is 1.90. The quantitative estimate of drug-likeness (QED) is 0.658. The Morgan fingerprint density at radius 1 is 1.50 bits per heavy atom. The van der Waals surface area contributed by atoms with Gasteiger partial charge < -0.3 is 11.1 Å². The number of nitrogens with zero attached hydrogens (tertiary/aromatic N) is 1. The van der Waals surface area contributed by atoms with Crippen LogP contribution in [0.2, 0.25) is 0 Å². The Morgan fingerprint density at radius 3 is 3.00 bits per heavy atom. The molecule has 3 heteroatoms. The van der Waals surface area contributed by atoms with Gasteiger partial charge in [-0.25, -0.2) is 0 Å². The minimum atomic E-state index is 0.728. The van der Waals surface area contributed by atoms with Crippen molar-refractivity contribution in [3.8, 4) is 0 Å². The number of nitrogens with two attached hydrogens (primary N) is 1. The van der Waals surface area contributed by atoms with Crippen LogP contribution in [0.5, 0.6) is 0 Å². The summed E-state index contributed by atoms with van der Waals surface area (Å²) in [5, 5.41) is 3.24. The zero-order valence-corrected chi connectivity index (χ0v) is 7.38. The molecule has 0 fully saturated rings. The Morgan fingerprint density at radius 2 is 2.33 bits per heavy atom. The molecule has 3 nitrogen and oxygen atoms in total. The second kappa shape index (κ2) is 4.72. The molecule has 0 atom stereocenters. The number of rotatable bonds is 4. The van der Waals surface area contributed by atoms with Crippen molar-refractivity contribution in [1.82, 2.24) is 4.98 Å². The predicted octanol–water partition coefficient (Wildman–Crippen LogP) is 1.15. The van der Waals surface area contributed by atoms with E-state index in [1.54, 1.807) is 0 Å². The number of aryl methyl sites for hydroxylation is 1. The van der Waals surface area contributed by atoms with E-state index in [2.05, 4.69) is 16.4 Å². The normalized spacial score (nSPS) is 9.83. The van der Waals surface area contributed by atoms with Crippen LogP contribution in [0.15, 0.2) is 18.5 Å². The fourth-order valence-electron chi connectivity index (χ4n) is 0.986. The van der Waals surface area contributed by atoms with Gasteiger partial charge in [0.2, 0.25) is 0 Å². The molecule has 0 radical (unpaired) electrons. The van der Waals surface area contributed by atoms with Gasteiger partial charge in [0.25, 0.3) is 0 Å². The molecule has 0 spiro atoms. The SMILES string of the molecule is Cc1cncc(NCCCN)c1. The van der Waals surface area contributed by atoms with E-state index < -0.39 is 0 Å². The second-order valence-corrected chi connectivity index (χ2v) is 2.82. The maximum atomic E-state index is 5.37. The molecule has 1 aromatic rings. The standard InChI is InChI=1S/C9H15N3/c1-8-5-9(7-11-6-8)12-4-2-3-10/h5-7,12H,2-4,10H2,1H3. The summed E-state index contributed by atoms with van der Waals surface area (Å²) < 4.78 is 0. The smallest absolute Gasteiger partial charge is 0.0529 e. The molecule has 0 amide bonds. The fourth-order valence-corrected chi connectivity index (χ4v) is 0.986. The molecule has 1 aromatic heterocycles. The zero-order chi connectivity index (χ0) is 8.81. The summed E-state index contributed by atoms with van der Waals surface area (Å²) in [5.41, 5.74) is 7.61. The van der Waals surface area contributed by atoms with E-state index in [1.807, 2.05) is 19.3 Å². The first-order valence-corrected chi connectivity index (χ1v) is 4.18. The Hall–Kier alpha value is -1.09. The Labute approximate surface area is 73.0 Å². The average molecular weight is 165 g/mol. The van der Waals surface area contributed by atoms with Crippen LogP contribution < -0.4 is 11.1 Å². The van der Waals surface area contributed by atoms with Gasteiger partial charge in [0.05, 0.1) is 5.69 Å². The molecular formula is C9H15N3. The van der Waals surface area contributed by atoms with Crippen molar-refractivity contribution < 1.29 is 0 Å². The molecule has 0 aromatic carbocycles. The number of aromatic nitrogens is 1. The topological polar surface area (TPSA) is 50.9 Å². The third-order valence-electron chi connectivity index (χ3n) is 1.58. The summed E-state index contributed by atoms with van der Waals surface area (Å²) in [6.45, 7) is 3.68. The van der Waals surface area contributed by atoms with Gasteiger partial charge >= 0.3 is 0 Å². The van der Waals surface area contributed by atoms with Gasteiger partial charge in [-0.05, 0) is 31.5 Å². The monoisotopic (exact) mass is 165 g/mol. The summed E-state index contributed by atoms with van der Waals surface area (Å²) >= 11 is 0. The second-order valence-electron chi connectivity index (χ2n) is 2.82. The molecule has 0 unspecified atom stereocenters. The summed E-state index contributed by atoms with van der Waals surface area (Å²) in [5.74, 6) is 0. The Balaban J connectivity index is 2.41. The molecule has 0 aliphatic rings. The summed E-state index contributed by atoms with van der Waals surface area (Å²) in [6, 6.07) is 2.07. The van der Waals surface area contributed by atoms with Crippen molar-refractivity contribution >= 4 is 5.69 Å². The Bertz CT molecular complexity index is 235. The molecular weight excluding hydrogens is 150 g/mol. The summed E-state index contributed by atoms with van der Waals surface area (Å²) in [7, 11) is 0. The molecule has 0 aliphatic heterocycles. The predicted molar refractivity (Wildman–Crippen MR) is 51.1 cm³/mol. The third kappa shape index (κ3) is 2.88. The third-order valence-corrected chi connectivity index (χ3v) is 1.58. The first kappa shape index (κ1) is 9.00. The zero-order valence-electron chi connectivity index (χ0n) is 7.38. The lowest BCUT2D eigenvalue weighted by Gasteiger charge is -2.04. The number of pyridine rings is 1. The van der Waals surface area contributed by atoms with Crippen molar-refractivity contribution in [2.45, 2.75) is 13.3 Å². The highest BCUT2D eigenvalue weighted by atomic mass is 14.9. The van der Waals surface area contributed by atoms with Crippen molar-refractivity contribution in [2.75, 3.05) is 18.4 Å². The maximum Gasteiger partial charge on any atom is 0.0529 e. The van der Waals surface area contributed by atoms with E-state index in [9.17, 15) is 0 Å². The van der Waals surface area contributed by atoms with E-state index in [1.165, 1.54) is 5.56 Å². The lowest BCUT2D eigenvalue weighted by Crippen LogP contribution is -2.08. The molecule has 12 heavy (non-hydrogen) atoms. The lowest BCUT2D eigenvalue weighted by molar-refractivity contribution is 0.873. The van der Waals surface area contributed by atoms with Gasteiger partial charge in [-0.15, -0.1) is 0 Å². The van der Waals surface area contributed by atoms with E-state index in [0.29, 0.717) is 0 Å². The minimum absolute atomic E-state index is 0.728. The number of hydrogen-bond donors (Lipinski definition) is 2. The molecule has 1 heterocycles. The number of hydrogen-bond acceptors (Lipinski definition) is 3. The van der Waals surface area contributed by atoms with Crippen LogP contribution in [0.25, 0.3) is 0 Å². The first-order chi connectivity index (χ1) is 5.83. The number of nitrogens with one attached hydrogen (secondary N) is 1. The van der Waals surface area contributed by atoms with E-state index in [-0.39, 0.29) is 0 Å². The van der Waals surface area contributed by atoms with Gasteiger partial charge in [-0.1, -0.05) is 0 Å². The minimum Gasteiger partial charge on any atom is -0.384 e. The van der Waals surface area contributed by atoms with Crippen LogP contribution in [0.4, 0.5) is 5.69 Å². The van der Waals surface area contributed by atoms with Crippen molar-refractivity contribution in [3.05, 3.63) is 24.0 Å². The highest BCUT2D eigenvalue weighted by Crippen LogP contribution is 2.06. The molecule has 66 valence electrons. The molecule has 0 bridgehead atoms. The van der Waals surface area contributed by atoms with E-state index >= 15 is 0 Å². The average Bonchev–Trinajstić information content (AvgIpc) is 2.05. The van der Waals surface area contributed by atoms with Crippen molar-refractivity contribution in [2.24, 2.45) is 5.73 Å². The van der Waals surface area contributed by atoms with Crippen LogP contribution in [0, 0.1) is 6.92 Å². The van der Waals surface area contributed by atoms with E-state index in [0.717, 1.165) is 25.2 Å². The van der Waals surface area contributed by atoms with Crippen molar-refractivity contribution in [3.63, 3.8) is 0 Å². The molecule has 3 N–H and O–H groups in total. The molecule has 0 aliphatic carbocycles. The van der Waals surface area contributed by atoms with Gasteiger partial charge in [-0.2, -0.15) is 0 Å². The number of anilines is 1. The lowest BCUT2D eigenvalue weighted by atomic mass is 10.3.